The number of carbonyl (C=O) groups is 1. The fourth-order valence-electron chi connectivity index (χ4n) is 2.38. The van der Waals surface area contributed by atoms with Crippen LogP contribution in [0.1, 0.15) is 29.9 Å². The van der Waals surface area contributed by atoms with E-state index < -0.39 is 0 Å². The SMILES string of the molecule is CC(C)CNC(=O)c1ccccc1SCc1cn2ccccc2n1. The molecule has 0 aliphatic heterocycles. The van der Waals surface area contributed by atoms with Crippen LogP contribution < -0.4 is 5.32 Å². The van der Waals surface area contributed by atoms with Crippen molar-refractivity contribution < 1.29 is 4.79 Å². The number of rotatable bonds is 6. The molecule has 124 valence electrons. The fraction of sp³-hybridized carbons (Fsp3) is 0.263. The molecule has 0 bridgehead atoms. The number of fused-ring (bicyclic) bond motifs is 1. The Hall–Kier alpha value is -2.27. The monoisotopic (exact) mass is 339 g/mol. The van der Waals surface area contributed by atoms with Gasteiger partial charge in [-0.15, -0.1) is 11.8 Å². The lowest BCUT2D eigenvalue weighted by Gasteiger charge is -2.10. The highest BCUT2D eigenvalue weighted by Gasteiger charge is 2.12. The van der Waals surface area contributed by atoms with Gasteiger partial charge >= 0.3 is 0 Å². The number of pyridine rings is 1. The van der Waals surface area contributed by atoms with Crippen LogP contribution in [0.3, 0.4) is 0 Å². The van der Waals surface area contributed by atoms with Gasteiger partial charge in [0, 0.05) is 29.6 Å². The number of thioether (sulfide) groups is 1. The standard InChI is InChI=1S/C19H21N3OS/c1-14(2)11-20-19(23)16-7-3-4-8-17(16)24-13-15-12-22-10-6-5-9-18(22)21-15/h3-10,12,14H,11,13H2,1-2H3,(H,20,23). The number of benzene rings is 1. The number of nitrogens with zero attached hydrogens (tertiary/aromatic N) is 2. The highest BCUT2D eigenvalue weighted by molar-refractivity contribution is 7.98. The molecule has 0 fully saturated rings. The molecule has 0 saturated carbocycles. The Morgan fingerprint density at radius 2 is 2.00 bits per heavy atom. The molecule has 0 aliphatic rings. The van der Waals surface area contributed by atoms with Crippen LogP contribution in [0.2, 0.25) is 0 Å². The van der Waals surface area contributed by atoms with Crippen LogP contribution in [-0.4, -0.2) is 21.8 Å². The van der Waals surface area contributed by atoms with E-state index in [4.69, 9.17) is 0 Å². The molecule has 2 heterocycles. The van der Waals surface area contributed by atoms with Crippen molar-refractivity contribution in [3.8, 4) is 0 Å². The zero-order valence-electron chi connectivity index (χ0n) is 13.9. The molecular weight excluding hydrogens is 318 g/mol. The first kappa shape index (κ1) is 16.6. The number of carbonyl (C=O) groups excluding carboxylic acids is 1. The van der Waals surface area contributed by atoms with Crippen LogP contribution in [-0.2, 0) is 5.75 Å². The van der Waals surface area contributed by atoms with E-state index in [9.17, 15) is 4.79 Å². The molecule has 3 rings (SSSR count). The Kier molecular flexibility index (Phi) is 5.20. The summed E-state index contributed by atoms with van der Waals surface area (Å²) in [5.74, 6) is 1.16. The van der Waals surface area contributed by atoms with Crippen LogP contribution in [0.4, 0.5) is 0 Å². The third kappa shape index (κ3) is 3.97. The maximum Gasteiger partial charge on any atom is 0.252 e. The lowest BCUT2D eigenvalue weighted by atomic mass is 10.2. The van der Waals surface area contributed by atoms with Crippen LogP contribution in [0.15, 0.2) is 59.8 Å². The third-order valence-corrected chi connectivity index (χ3v) is 4.70. The number of hydrogen-bond acceptors (Lipinski definition) is 3. The average Bonchev–Trinajstić information content (AvgIpc) is 3.01. The summed E-state index contributed by atoms with van der Waals surface area (Å²) in [6, 6.07) is 13.7. The molecule has 2 aromatic heterocycles. The van der Waals surface area contributed by atoms with Crippen molar-refractivity contribution in [1.29, 1.82) is 0 Å². The summed E-state index contributed by atoms with van der Waals surface area (Å²) in [5.41, 5.74) is 2.67. The van der Waals surface area contributed by atoms with Gasteiger partial charge in [-0.25, -0.2) is 4.98 Å². The predicted molar refractivity (Wildman–Crippen MR) is 98.4 cm³/mol. The average molecular weight is 339 g/mol. The minimum Gasteiger partial charge on any atom is -0.352 e. The molecule has 0 radical (unpaired) electrons. The van der Waals surface area contributed by atoms with Gasteiger partial charge in [-0.3, -0.25) is 4.79 Å². The maximum absolute atomic E-state index is 12.4. The first-order valence-electron chi connectivity index (χ1n) is 8.06. The van der Waals surface area contributed by atoms with Crippen molar-refractivity contribution >= 4 is 23.3 Å². The van der Waals surface area contributed by atoms with Gasteiger partial charge in [-0.05, 0) is 30.2 Å². The topological polar surface area (TPSA) is 46.4 Å². The quantitative estimate of drug-likeness (QED) is 0.690. The minimum absolute atomic E-state index is 0.0122. The summed E-state index contributed by atoms with van der Waals surface area (Å²) >= 11 is 1.64. The van der Waals surface area contributed by atoms with Crippen LogP contribution in [0.25, 0.3) is 5.65 Å². The molecule has 0 aliphatic carbocycles. The summed E-state index contributed by atoms with van der Waals surface area (Å²) in [7, 11) is 0. The molecule has 0 spiro atoms. The van der Waals surface area contributed by atoms with E-state index in [1.807, 2.05) is 59.3 Å². The molecule has 0 atom stereocenters. The Labute approximate surface area is 146 Å². The lowest BCUT2D eigenvalue weighted by molar-refractivity contribution is 0.0946. The van der Waals surface area contributed by atoms with Crippen molar-refractivity contribution in [1.82, 2.24) is 14.7 Å². The summed E-state index contributed by atoms with van der Waals surface area (Å²) in [6.45, 7) is 4.86. The fourth-order valence-corrected chi connectivity index (χ4v) is 3.31. The van der Waals surface area contributed by atoms with Crippen LogP contribution in [0, 0.1) is 5.92 Å². The third-order valence-electron chi connectivity index (χ3n) is 3.59. The van der Waals surface area contributed by atoms with Crippen molar-refractivity contribution in [3.05, 3.63) is 66.1 Å². The highest BCUT2D eigenvalue weighted by Crippen LogP contribution is 2.26. The molecule has 3 aromatic rings. The normalized spacial score (nSPS) is 11.1. The van der Waals surface area contributed by atoms with E-state index in [1.165, 1.54) is 0 Å². The second kappa shape index (κ2) is 7.53. The van der Waals surface area contributed by atoms with Gasteiger partial charge in [0.2, 0.25) is 0 Å². The van der Waals surface area contributed by atoms with Gasteiger partial charge in [0.25, 0.3) is 5.91 Å². The van der Waals surface area contributed by atoms with E-state index in [0.29, 0.717) is 12.5 Å². The van der Waals surface area contributed by atoms with Gasteiger partial charge in [0.15, 0.2) is 0 Å². The van der Waals surface area contributed by atoms with Crippen molar-refractivity contribution in [2.75, 3.05) is 6.54 Å². The highest BCUT2D eigenvalue weighted by atomic mass is 32.2. The Balaban J connectivity index is 1.71. The number of imidazole rings is 1. The van der Waals surface area contributed by atoms with Gasteiger partial charge in [0.05, 0.1) is 11.3 Å². The van der Waals surface area contributed by atoms with E-state index >= 15 is 0 Å². The molecule has 0 saturated heterocycles. The Morgan fingerprint density at radius 3 is 2.79 bits per heavy atom. The molecule has 1 amide bonds. The predicted octanol–water partition coefficient (Wildman–Crippen LogP) is 4.01. The molecule has 1 N–H and O–H groups in total. The van der Waals surface area contributed by atoms with E-state index in [-0.39, 0.29) is 5.91 Å². The number of hydrogen-bond donors (Lipinski definition) is 1. The number of aromatic nitrogens is 2. The molecule has 4 nitrogen and oxygen atoms in total. The van der Waals surface area contributed by atoms with E-state index in [1.54, 1.807) is 11.8 Å². The lowest BCUT2D eigenvalue weighted by Crippen LogP contribution is -2.27. The largest absolute Gasteiger partial charge is 0.352 e. The zero-order chi connectivity index (χ0) is 16.9. The van der Waals surface area contributed by atoms with Crippen molar-refractivity contribution in [2.45, 2.75) is 24.5 Å². The van der Waals surface area contributed by atoms with Gasteiger partial charge in [-0.1, -0.05) is 32.0 Å². The summed E-state index contributed by atoms with van der Waals surface area (Å²) in [4.78, 5) is 18.0. The second-order valence-corrected chi connectivity index (χ2v) is 7.10. The van der Waals surface area contributed by atoms with E-state index in [0.717, 1.165) is 27.6 Å². The molecule has 5 heteroatoms. The smallest absolute Gasteiger partial charge is 0.252 e. The molecule has 1 aromatic carbocycles. The molecular formula is C19H21N3OS. The number of amides is 1. The van der Waals surface area contributed by atoms with Gasteiger partial charge in [0.1, 0.15) is 5.65 Å². The van der Waals surface area contributed by atoms with Crippen molar-refractivity contribution in [3.63, 3.8) is 0 Å². The summed E-state index contributed by atoms with van der Waals surface area (Å²) in [5, 5.41) is 2.99. The van der Waals surface area contributed by atoms with Crippen LogP contribution >= 0.6 is 11.8 Å². The second-order valence-electron chi connectivity index (χ2n) is 6.09. The van der Waals surface area contributed by atoms with Crippen LogP contribution in [0.5, 0.6) is 0 Å². The summed E-state index contributed by atoms with van der Waals surface area (Å²) in [6.07, 6.45) is 4.02. The Bertz CT molecular complexity index is 808. The number of nitrogens with one attached hydrogen (secondary N) is 1. The van der Waals surface area contributed by atoms with Crippen molar-refractivity contribution in [2.24, 2.45) is 5.92 Å². The zero-order valence-corrected chi connectivity index (χ0v) is 14.7. The first-order valence-corrected chi connectivity index (χ1v) is 9.04. The van der Waals surface area contributed by atoms with Gasteiger partial charge in [-0.2, -0.15) is 0 Å². The molecule has 0 unspecified atom stereocenters. The maximum atomic E-state index is 12.4. The first-order chi connectivity index (χ1) is 11.6. The summed E-state index contributed by atoms with van der Waals surface area (Å²) < 4.78 is 2.01. The van der Waals surface area contributed by atoms with Gasteiger partial charge < -0.3 is 9.72 Å². The minimum atomic E-state index is -0.0122. The molecule has 24 heavy (non-hydrogen) atoms. The van der Waals surface area contributed by atoms with E-state index in [2.05, 4.69) is 24.1 Å². The Morgan fingerprint density at radius 1 is 1.21 bits per heavy atom.